The molecule has 0 aliphatic carbocycles. The second kappa shape index (κ2) is 13.3. The van der Waals surface area contributed by atoms with E-state index in [0.717, 1.165) is 0 Å². The zero-order valence-corrected chi connectivity index (χ0v) is 26.5. The van der Waals surface area contributed by atoms with Crippen LogP contribution in [0.15, 0.2) is 79.9 Å². The molecule has 2 aromatic rings. The van der Waals surface area contributed by atoms with Crippen LogP contribution in [-0.2, 0) is 19.1 Å². The van der Waals surface area contributed by atoms with E-state index >= 15 is 0 Å². The predicted octanol–water partition coefficient (Wildman–Crippen LogP) is 4.92. The number of ether oxygens (including phenoxy) is 2. The number of unbranched alkanes of at least 4 members (excludes halogenated alkanes) is 1. The molecule has 228 valence electrons. The van der Waals surface area contributed by atoms with Crippen LogP contribution in [0.2, 0.25) is 0 Å². The van der Waals surface area contributed by atoms with E-state index in [2.05, 4.69) is 29.1 Å². The van der Waals surface area contributed by atoms with Crippen molar-refractivity contribution in [2.24, 2.45) is 11.8 Å². The number of amides is 2. The summed E-state index contributed by atoms with van der Waals surface area (Å²) >= 11 is 5.34. The summed E-state index contributed by atoms with van der Waals surface area (Å²) in [6.07, 6.45) is 5.30. The molecule has 3 saturated heterocycles. The average molecular weight is 670 g/mol. The topological polar surface area (TPSA) is 96.4 Å². The van der Waals surface area contributed by atoms with Crippen molar-refractivity contribution < 1.29 is 29.0 Å². The second-order valence-electron chi connectivity index (χ2n) is 11.1. The summed E-state index contributed by atoms with van der Waals surface area (Å²) < 4.78 is 10.1. The van der Waals surface area contributed by atoms with E-state index in [1.54, 1.807) is 65.1 Å². The van der Waals surface area contributed by atoms with E-state index in [1.807, 2.05) is 30.3 Å². The lowest BCUT2D eigenvalue weighted by Gasteiger charge is -2.40. The fraction of sp³-hybridized carbons (Fsp3) is 0.424. The molecule has 2 aromatic carbocycles. The van der Waals surface area contributed by atoms with E-state index in [4.69, 9.17) is 9.47 Å². The Hall–Kier alpha value is -3.08. The Labute approximate surface area is 265 Å². The van der Waals surface area contributed by atoms with Gasteiger partial charge < -0.3 is 24.4 Å². The van der Waals surface area contributed by atoms with Crippen LogP contribution in [0.1, 0.15) is 30.9 Å². The molecule has 3 heterocycles. The number of likely N-dealkylation sites (tertiary alicyclic amines) is 1. The number of aliphatic hydroxyl groups excluding tert-OH is 1. The number of nitrogens with zero attached hydrogens (tertiary/aromatic N) is 2. The largest absolute Gasteiger partial charge is 0.497 e. The first-order valence-corrected chi connectivity index (χ1v) is 16.3. The van der Waals surface area contributed by atoms with Gasteiger partial charge in [0.1, 0.15) is 11.8 Å². The Morgan fingerprint density at radius 2 is 1.91 bits per heavy atom. The van der Waals surface area contributed by atoms with E-state index in [-0.39, 0.29) is 41.6 Å². The van der Waals surface area contributed by atoms with Gasteiger partial charge in [0, 0.05) is 22.3 Å². The Balaban J connectivity index is 1.60. The van der Waals surface area contributed by atoms with Gasteiger partial charge in [-0.25, -0.2) is 0 Å². The van der Waals surface area contributed by atoms with Crippen molar-refractivity contribution >= 4 is 51.2 Å². The molecule has 3 aliphatic rings. The lowest BCUT2D eigenvalue weighted by Crippen LogP contribution is -2.56. The SMILES string of the molecule is C=CCCCOC(=O)[C@H]1[C@@H]2SC3(CC2Br)C(C(=O)N(CC=C)c2ccc(OC)cc2)N([C@H](CO)c2ccccc2)C(=O)[C@H]13. The van der Waals surface area contributed by atoms with E-state index < -0.39 is 34.6 Å². The van der Waals surface area contributed by atoms with E-state index in [9.17, 15) is 19.5 Å². The molecule has 0 saturated carbocycles. The number of rotatable bonds is 13. The number of hydrogen-bond acceptors (Lipinski definition) is 7. The number of allylic oxidation sites excluding steroid dienone is 1. The number of esters is 1. The zero-order chi connectivity index (χ0) is 30.7. The van der Waals surface area contributed by atoms with Crippen LogP contribution in [-0.4, -0.2) is 75.5 Å². The Kier molecular flexibility index (Phi) is 9.68. The molecule has 1 N–H and O–H groups in total. The fourth-order valence-corrected chi connectivity index (χ4v) is 10.4. The number of anilines is 1. The van der Waals surface area contributed by atoms with E-state index in [1.165, 1.54) is 0 Å². The summed E-state index contributed by atoms with van der Waals surface area (Å²) in [5.74, 6) is -1.85. The van der Waals surface area contributed by atoms with Gasteiger partial charge in [-0.05, 0) is 49.1 Å². The Bertz CT molecular complexity index is 1360. The maximum Gasteiger partial charge on any atom is 0.310 e. The third kappa shape index (κ3) is 5.53. The van der Waals surface area contributed by atoms with Crippen LogP contribution in [0.25, 0.3) is 0 Å². The van der Waals surface area contributed by atoms with Crippen molar-refractivity contribution in [1.29, 1.82) is 0 Å². The van der Waals surface area contributed by atoms with Crippen LogP contribution in [0.3, 0.4) is 0 Å². The summed E-state index contributed by atoms with van der Waals surface area (Å²) in [6, 6.07) is 14.7. The predicted molar refractivity (Wildman–Crippen MR) is 171 cm³/mol. The summed E-state index contributed by atoms with van der Waals surface area (Å²) in [7, 11) is 1.58. The third-order valence-electron chi connectivity index (χ3n) is 8.68. The molecular weight excluding hydrogens is 632 g/mol. The van der Waals surface area contributed by atoms with Crippen LogP contribution >= 0.6 is 27.7 Å². The van der Waals surface area contributed by atoms with E-state index in [0.29, 0.717) is 36.3 Å². The number of hydrogen-bond donors (Lipinski definition) is 1. The van der Waals surface area contributed by atoms with Crippen LogP contribution in [0.5, 0.6) is 5.75 Å². The molecule has 0 radical (unpaired) electrons. The third-order valence-corrected chi connectivity index (χ3v) is 11.9. The number of alkyl halides is 1. The molecule has 1 spiro atoms. The number of carbonyl (C=O) groups excluding carboxylic acids is 3. The molecular formula is C33H37BrN2O6S. The summed E-state index contributed by atoms with van der Waals surface area (Å²) in [5, 5.41) is 10.5. The fourth-order valence-electron chi connectivity index (χ4n) is 6.84. The van der Waals surface area contributed by atoms with Gasteiger partial charge in [0.05, 0.1) is 42.9 Å². The van der Waals surface area contributed by atoms with Gasteiger partial charge in [-0.1, -0.05) is 58.4 Å². The van der Waals surface area contributed by atoms with Crippen molar-refractivity contribution in [2.75, 3.05) is 31.8 Å². The lowest BCUT2D eigenvalue weighted by molar-refractivity contribution is -0.154. The smallest absolute Gasteiger partial charge is 0.310 e. The molecule has 2 bridgehead atoms. The molecule has 7 atom stereocenters. The molecule has 3 fully saturated rings. The van der Waals surface area contributed by atoms with Gasteiger partial charge >= 0.3 is 5.97 Å². The van der Waals surface area contributed by atoms with Crippen LogP contribution in [0, 0.1) is 11.8 Å². The highest BCUT2D eigenvalue weighted by Crippen LogP contribution is 2.68. The van der Waals surface area contributed by atoms with Crippen molar-refractivity contribution in [3.8, 4) is 5.75 Å². The maximum absolute atomic E-state index is 14.9. The summed E-state index contributed by atoms with van der Waals surface area (Å²) in [6.45, 7) is 7.67. The number of benzene rings is 2. The molecule has 3 aliphatic heterocycles. The molecule has 43 heavy (non-hydrogen) atoms. The number of fused-ring (bicyclic) bond motifs is 1. The highest BCUT2D eigenvalue weighted by atomic mass is 79.9. The van der Waals surface area contributed by atoms with Crippen molar-refractivity contribution in [3.63, 3.8) is 0 Å². The van der Waals surface area contributed by atoms with Crippen LogP contribution < -0.4 is 9.64 Å². The molecule has 8 nitrogen and oxygen atoms in total. The summed E-state index contributed by atoms with van der Waals surface area (Å²) in [5.41, 5.74) is 1.34. The van der Waals surface area contributed by atoms with Gasteiger partial charge in [-0.3, -0.25) is 14.4 Å². The molecule has 2 amide bonds. The first-order valence-electron chi connectivity index (χ1n) is 14.5. The highest BCUT2D eigenvalue weighted by Gasteiger charge is 2.76. The van der Waals surface area contributed by atoms with Gasteiger partial charge in [0.15, 0.2) is 0 Å². The number of halogens is 1. The minimum atomic E-state index is -0.946. The van der Waals surface area contributed by atoms with Gasteiger partial charge in [-0.2, -0.15) is 0 Å². The standard InChI is InChI=1S/C33H37BrN2O6S/c1-4-6-10-18-42-32(40)26-27-30(38)36(25(20-37)21-11-8-7-9-12-21)29(33(27)19-24(34)28(26)43-33)31(39)35(17-5-2)22-13-15-23(41-3)16-14-22/h4-5,7-9,11-16,24-29,37H,1-2,6,10,17-20H2,3H3/t24?,25-,26-,27+,28-,29?,33?/m1/s1. The molecule has 3 unspecified atom stereocenters. The number of aliphatic hydroxyl groups is 1. The maximum atomic E-state index is 14.9. The molecule has 10 heteroatoms. The van der Waals surface area contributed by atoms with Gasteiger partial charge in [-0.15, -0.1) is 24.9 Å². The van der Waals surface area contributed by atoms with Crippen molar-refractivity contribution in [3.05, 3.63) is 85.5 Å². The minimum absolute atomic E-state index is 0.0966. The number of methoxy groups -OCH3 is 1. The molecule has 0 aromatic heterocycles. The average Bonchev–Trinajstić information content (AvgIpc) is 3.62. The summed E-state index contributed by atoms with van der Waals surface area (Å²) in [4.78, 5) is 46.2. The zero-order valence-electron chi connectivity index (χ0n) is 24.1. The van der Waals surface area contributed by atoms with Crippen molar-refractivity contribution in [2.45, 2.75) is 46.2 Å². The highest BCUT2D eigenvalue weighted by molar-refractivity contribution is 9.09. The Morgan fingerprint density at radius 3 is 2.53 bits per heavy atom. The van der Waals surface area contributed by atoms with Crippen molar-refractivity contribution in [1.82, 2.24) is 4.90 Å². The number of carbonyl (C=O) groups is 3. The second-order valence-corrected chi connectivity index (χ2v) is 13.8. The number of thioether (sulfide) groups is 1. The lowest BCUT2D eigenvalue weighted by atomic mass is 9.71. The van der Waals surface area contributed by atoms with Gasteiger partial charge in [0.25, 0.3) is 5.91 Å². The first-order chi connectivity index (χ1) is 20.8. The first kappa shape index (κ1) is 31.3. The van der Waals surface area contributed by atoms with Crippen LogP contribution in [0.4, 0.5) is 5.69 Å². The normalized spacial score (nSPS) is 27.8. The minimum Gasteiger partial charge on any atom is -0.497 e. The van der Waals surface area contributed by atoms with Gasteiger partial charge in [0.2, 0.25) is 5.91 Å². The quantitative estimate of drug-likeness (QED) is 0.140. The Morgan fingerprint density at radius 1 is 1.19 bits per heavy atom. The molecule has 5 rings (SSSR count). The monoisotopic (exact) mass is 668 g/mol.